The van der Waals surface area contributed by atoms with Gasteiger partial charge in [0.05, 0.1) is 13.2 Å². The molecule has 0 aromatic heterocycles. The lowest BCUT2D eigenvalue weighted by Crippen LogP contribution is -2.44. The van der Waals surface area contributed by atoms with Crippen molar-refractivity contribution in [3.63, 3.8) is 0 Å². The normalized spacial score (nSPS) is 19.6. The molecule has 1 N–H and O–H groups in total. The van der Waals surface area contributed by atoms with E-state index < -0.39 is 0 Å². The molecule has 0 atom stereocenters. The van der Waals surface area contributed by atoms with Crippen LogP contribution in [0.25, 0.3) is 0 Å². The average Bonchev–Trinajstić information content (AvgIpc) is 2.73. The van der Waals surface area contributed by atoms with Gasteiger partial charge in [0, 0.05) is 49.7 Å². The molecule has 3 rings (SSSR count). The summed E-state index contributed by atoms with van der Waals surface area (Å²) >= 11 is 6.37. The summed E-state index contributed by atoms with van der Waals surface area (Å²) in [6.07, 6.45) is 1.83. The monoisotopic (exact) mass is 296 g/mol. The minimum atomic E-state index is 0.702. The SMILES string of the molecule is Clc1ccc2c(c1CCN1CCNCC1)OCCCO2. The Hall–Kier alpha value is -0.970. The first-order valence-electron chi connectivity index (χ1n) is 7.34. The molecule has 20 heavy (non-hydrogen) atoms. The zero-order valence-electron chi connectivity index (χ0n) is 11.7. The van der Waals surface area contributed by atoms with E-state index in [0.717, 1.165) is 67.7 Å². The molecular formula is C15H21ClN2O2. The molecule has 0 radical (unpaired) electrons. The average molecular weight is 297 g/mol. The van der Waals surface area contributed by atoms with Crippen LogP contribution in [0, 0.1) is 0 Å². The van der Waals surface area contributed by atoms with Gasteiger partial charge in [-0.25, -0.2) is 0 Å². The zero-order chi connectivity index (χ0) is 13.8. The standard InChI is InChI=1S/C15H21ClN2O2/c16-13-2-3-14-15(20-11-1-10-19-14)12(13)4-7-18-8-5-17-6-9-18/h2-3,17H,1,4-11H2. The van der Waals surface area contributed by atoms with Crippen LogP contribution in [0.2, 0.25) is 5.02 Å². The van der Waals surface area contributed by atoms with Crippen molar-refractivity contribution in [2.45, 2.75) is 12.8 Å². The van der Waals surface area contributed by atoms with Crippen LogP contribution in [-0.2, 0) is 6.42 Å². The van der Waals surface area contributed by atoms with Crippen LogP contribution >= 0.6 is 11.6 Å². The fourth-order valence-electron chi connectivity index (χ4n) is 2.71. The molecular weight excluding hydrogens is 276 g/mol. The first kappa shape index (κ1) is 14.0. The number of benzene rings is 1. The number of fused-ring (bicyclic) bond motifs is 1. The van der Waals surface area contributed by atoms with Crippen LogP contribution in [-0.4, -0.2) is 50.8 Å². The van der Waals surface area contributed by atoms with Gasteiger partial charge in [-0.1, -0.05) is 11.6 Å². The maximum absolute atomic E-state index is 6.37. The predicted molar refractivity (Wildman–Crippen MR) is 80.1 cm³/mol. The van der Waals surface area contributed by atoms with E-state index in [1.54, 1.807) is 0 Å². The first-order chi connectivity index (χ1) is 9.84. The highest BCUT2D eigenvalue weighted by molar-refractivity contribution is 6.31. The molecule has 110 valence electrons. The van der Waals surface area contributed by atoms with E-state index in [9.17, 15) is 0 Å². The third-order valence-electron chi connectivity index (χ3n) is 3.85. The third-order valence-corrected chi connectivity index (χ3v) is 4.20. The van der Waals surface area contributed by atoms with Gasteiger partial charge < -0.3 is 19.7 Å². The highest BCUT2D eigenvalue weighted by Gasteiger charge is 2.19. The largest absolute Gasteiger partial charge is 0.490 e. The Kier molecular flexibility index (Phi) is 4.65. The molecule has 2 heterocycles. The summed E-state index contributed by atoms with van der Waals surface area (Å²) in [4.78, 5) is 2.46. The van der Waals surface area contributed by atoms with E-state index in [1.165, 1.54) is 0 Å². The summed E-state index contributed by atoms with van der Waals surface area (Å²) in [5, 5.41) is 4.15. The molecule has 0 aliphatic carbocycles. The Morgan fingerprint density at radius 2 is 1.95 bits per heavy atom. The molecule has 1 aromatic rings. The second-order valence-corrected chi connectivity index (χ2v) is 5.65. The zero-order valence-corrected chi connectivity index (χ0v) is 12.4. The van der Waals surface area contributed by atoms with Crippen molar-refractivity contribution < 1.29 is 9.47 Å². The van der Waals surface area contributed by atoms with Crippen LogP contribution in [0.4, 0.5) is 0 Å². The van der Waals surface area contributed by atoms with E-state index in [1.807, 2.05) is 12.1 Å². The second kappa shape index (κ2) is 6.66. The molecule has 0 bridgehead atoms. The molecule has 5 heteroatoms. The highest BCUT2D eigenvalue weighted by atomic mass is 35.5. The fourth-order valence-corrected chi connectivity index (χ4v) is 2.95. The Morgan fingerprint density at radius 1 is 1.15 bits per heavy atom. The summed E-state index contributed by atoms with van der Waals surface area (Å²) in [6.45, 7) is 6.77. The predicted octanol–water partition coefficient (Wildman–Crippen LogP) is 1.95. The minimum Gasteiger partial charge on any atom is -0.490 e. The van der Waals surface area contributed by atoms with Gasteiger partial charge in [0.2, 0.25) is 0 Å². The highest BCUT2D eigenvalue weighted by Crippen LogP contribution is 2.38. The van der Waals surface area contributed by atoms with Crippen LogP contribution in [0.3, 0.4) is 0 Å². The van der Waals surface area contributed by atoms with Crippen molar-refractivity contribution in [1.82, 2.24) is 10.2 Å². The van der Waals surface area contributed by atoms with E-state index in [0.29, 0.717) is 13.2 Å². The molecule has 0 unspecified atom stereocenters. The Labute approximate surface area is 125 Å². The van der Waals surface area contributed by atoms with Crippen molar-refractivity contribution in [3.05, 3.63) is 22.7 Å². The Morgan fingerprint density at radius 3 is 2.80 bits per heavy atom. The van der Waals surface area contributed by atoms with Crippen molar-refractivity contribution in [2.24, 2.45) is 0 Å². The summed E-state index contributed by atoms with van der Waals surface area (Å²) < 4.78 is 11.6. The fraction of sp³-hybridized carbons (Fsp3) is 0.600. The van der Waals surface area contributed by atoms with E-state index >= 15 is 0 Å². The van der Waals surface area contributed by atoms with Crippen molar-refractivity contribution in [1.29, 1.82) is 0 Å². The summed E-state index contributed by atoms with van der Waals surface area (Å²) in [5.74, 6) is 1.69. The number of nitrogens with zero attached hydrogens (tertiary/aromatic N) is 1. The molecule has 2 aliphatic rings. The molecule has 1 fully saturated rings. The number of hydrogen-bond acceptors (Lipinski definition) is 4. The van der Waals surface area contributed by atoms with E-state index in [-0.39, 0.29) is 0 Å². The van der Waals surface area contributed by atoms with Gasteiger partial charge in [-0.05, 0) is 18.6 Å². The molecule has 0 spiro atoms. The van der Waals surface area contributed by atoms with Gasteiger partial charge in [0.15, 0.2) is 11.5 Å². The molecule has 1 saturated heterocycles. The van der Waals surface area contributed by atoms with Gasteiger partial charge in [-0.2, -0.15) is 0 Å². The van der Waals surface area contributed by atoms with Crippen molar-refractivity contribution in [2.75, 3.05) is 45.9 Å². The van der Waals surface area contributed by atoms with E-state index in [4.69, 9.17) is 21.1 Å². The van der Waals surface area contributed by atoms with Gasteiger partial charge in [-0.3, -0.25) is 0 Å². The number of nitrogens with one attached hydrogen (secondary N) is 1. The smallest absolute Gasteiger partial charge is 0.165 e. The van der Waals surface area contributed by atoms with Crippen LogP contribution < -0.4 is 14.8 Å². The van der Waals surface area contributed by atoms with Gasteiger partial charge in [-0.15, -0.1) is 0 Å². The van der Waals surface area contributed by atoms with Gasteiger partial charge in [0.1, 0.15) is 0 Å². The topological polar surface area (TPSA) is 33.7 Å². The number of hydrogen-bond donors (Lipinski definition) is 1. The lowest BCUT2D eigenvalue weighted by Gasteiger charge is -2.27. The molecule has 2 aliphatic heterocycles. The summed E-state index contributed by atoms with van der Waals surface area (Å²) in [6, 6.07) is 3.83. The molecule has 4 nitrogen and oxygen atoms in total. The Bertz CT molecular complexity index is 461. The van der Waals surface area contributed by atoms with E-state index in [2.05, 4.69) is 10.2 Å². The number of rotatable bonds is 3. The minimum absolute atomic E-state index is 0.702. The number of piperazine rings is 1. The summed E-state index contributed by atoms with van der Waals surface area (Å²) in [7, 11) is 0. The molecule has 0 amide bonds. The van der Waals surface area contributed by atoms with Crippen molar-refractivity contribution in [3.8, 4) is 11.5 Å². The molecule has 0 saturated carbocycles. The second-order valence-electron chi connectivity index (χ2n) is 5.25. The lowest BCUT2D eigenvalue weighted by atomic mass is 10.1. The number of ether oxygens (including phenoxy) is 2. The number of halogens is 1. The van der Waals surface area contributed by atoms with Gasteiger partial charge in [0.25, 0.3) is 0 Å². The van der Waals surface area contributed by atoms with Crippen LogP contribution in [0.5, 0.6) is 11.5 Å². The van der Waals surface area contributed by atoms with Crippen LogP contribution in [0.1, 0.15) is 12.0 Å². The quantitative estimate of drug-likeness (QED) is 0.924. The maximum atomic E-state index is 6.37. The summed E-state index contributed by atoms with van der Waals surface area (Å²) in [5.41, 5.74) is 1.09. The van der Waals surface area contributed by atoms with Crippen molar-refractivity contribution >= 4 is 11.6 Å². The Balaban J connectivity index is 1.74. The van der Waals surface area contributed by atoms with Crippen LogP contribution in [0.15, 0.2) is 12.1 Å². The molecule has 1 aromatic carbocycles. The lowest BCUT2D eigenvalue weighted by molar-refractivity contribution is 0.242. The maximum Gasteiger partial charge on any atom is 0.165 e. The van der Waals surface area contributed by atoms with Gasteiger partial charge >= 0.3 is 0 Å². The third kappa shape index (κ3) is 3.19. The first-order valence-corrected chi connectivity index (χ1v) is 7.72.